The molecule has 0 aromatic carbocycles. The monoisotopic (exact) mass is 167 g/mol. The number of rotatable bonds is 3. The van der Waals surface area contributed by atoms with E-state index in [0.29, 0.717) is 6.54 Å². The highest BCUT2D eigenvalue weighted by atomic mass is 15.3. The lowest BCUT2D eigenvalue weighted by molar-refractivity contribution is 0.694. The minimum absolute atomic E-state index is 0.698. The fraction of sp³-hybridized carbons (Fsp3) is 0.667. The van der Waals surface area contributed by atoms with Crippen molar-refractivity contribution >= 4 is 0 Å². The van der Waals surface area contributed by atoms with Crippen molar-refractivity contribution in [2.75, 3.05) is 6.54 Å². The van der Waals surface area contributed by atoms with E-state index in [1.54, 1.807) is 0 Å². The van der Waals surface area contributed by atoms with Crippen LogP contribution < -0.4 is 5.73 Å². The van der Waals surface area contributed by atoms with Gasteiger partial charge in [0.2, 0.25) is 0 Å². The molecule has 1 heterocycles. The van der Waals surface area contributed by atoms with Gasteiger partial charge in [-0.1, -0.05) is 6.92 Å². The van der Waals surface area contributed by atoms with Crippen LogP contribution in [-0.2, 0) is 19.9 Å². The first kappa shape index (κ1) is 9.26. The van der Waals surface area contributed by atoms with E-state index in [0.717, 1.165) is 12.8 Å². The molecule has 0 aliphatic rings. The molecule has 0 bridgehead atoms. The normalized spacial score (nSPS) is 10.7. The summed E-state index contributed by atoms with van der Waals surface area (Å²) in [5.41, 5.74) is 9.29. The summed E-state index contributed by atoms with van der Waals surface area (Å²) >= 11 is 0. The molecule has 0 amide bonds. The molecule has 3 nitrogen and oxygen atoms in total. The van der Waals surface area contributed by atoms with Crippen molar-refractivity contribution < 1.29 is 0 Å². The molecule has 2 N–H and O–H groups in total. The van der Waals surface area contributed by atoms with Gasteiger partial charge in [0.15, 0.2) is 0 Å². The molecule has 68 valence electrons. The van der Waals surface area contributed by atoms with E-state index in [-0.39, 0.29) is 0 Å². The molecule has 0 saturated heterocycles. The minimum Gasteiger partial charge on any atom is -0.330 e. The van der Waals surface area contributed by atoms with E-state index in [9.17, 15) is 0 Å². The van der Waals surface area contributed by atoms with Gasteiger partial charge in [-0.25, -0.2) is 0 Å². The second-order valence-electron chi connectivity index (χ2n) is 3.03. The van der Waals surface area contributed by atoms with Crippen LogP contribution in [0.5, 0.6) is 0 Å². The summed E-state index contributed by atoms with van der Waals surface area (Å²) < 4.78 is 1.95. The first-order chi connectivity index (χ1) is 5.70. The average Bonchev–Trinajstić information content (AvgIpc) is 2.32. The van der Waals surface area contributed by atoms with E-state index in [2.05, 4.69) is 18.9 Å². The molecule has 0 radical (unpaired) electrons. The van der Waals surface area contributed by atoms with Crippen molar-refractivity contribution in [3.63, 3.8) is 0 Å². The molecule has 0 atom stereocenters. The summed E-state index contributed by atoms with van der Waals surface area (Å²) in [7, 11) is 1.98. The first-order valence-corrected chi connectivity index (χ1v) is 4.42. The zero-order chi connectivity index (χ0) is 9.14. The Kier molecular flexibility index (Phi) is 2.87. The Labute approximate surface area is 73.6 Å². The number of aryl methyl sites for hydroxylation is 2. The van der Waals surface area contributed by atoms with Crippen LogP contribution in [0.25, 0.3) is 0 Å². The molecule has 0 aliphatic carbocycles. The predicted molar refractivity (Wildman–Crippen MR) is 50.1 cm³/mol. The van der Waals surface area contributed by atoms with Crippen LogP contribution in [0.15, 0.2) is 0 Å². The van der Waals surface area contributed by atoms with Crippen LogP contribution in [-0.4, -0.2) is 16.3 Å². The zero-order valence-electron chi connectivity index (χ0n) is 8.09. The van der Waals surface area contributed by atoms with Gasteiger partial charge in [0.1, 0.15) is 0 Å². The van der Waals surface area contributed by atoms with Crippen LogP contribution in [0.3, 0.4) is 0 Å². The maximum absolute atomic E-state index is 5.51. The molecule has 1 aromatic rings. The second kappa shape index (κ2) is 3.72. The van der Waals surface area contributed by atoms with Crippen LogP contribution in [0.2, 0.25) is 0 Å². The Morgan fingerprint density at radius 1 is 1.50 bits per heavy atom. The van der Waals surface area contributed by atoms with E-state index in [4.69, 9.17) is 5.73 Å². The average molecular weight is 167 g/mol. The van der Waals surface area contributed by atoms with Crippen molar-refractivity contribution in [3.8, 4) is 0 Å². The van der Waals surface area contributed by atoms with E-state index in [1.165, 1.54) is 17.0 Å². The van der Waals surface area contributed by atoms with Crippen LogP contribution in [0.4, 0.5) is 0 Å². The van der Waals surface area contributed by atoms with Crippen LogP contribution in [0.1, 0.15) is 23.9 Å². The van der Waals surface area contributed by atoms with Gasteiger partial charge in [-0.15, -0.1) is 0 Å². The van der Waals surface area contributed by atoms with Gasteiger partial charge < -0.3 is 5.73 Å². The molecule has 12 heavy (non-hydrogen) atoms. The predicted octanol–water partition coefficient (Wildman–Crippen LogP) is 0.792. The Morgan fingerprint density at radius 2 is 2.17 bits per heavy atom. The van der Waals surface area contributed by atoms with Crippen molar-refractivity contribution in [3.05, 3.63) is 17.0 Å². The smallest absolute Gasteiger partial charge is 0.0653 e. The second-order valence-corrected chi connectivity index (χ2v) is 3.03. The summed E-state index contributed by atoms with van der Waals surface area (Å²) in [5.74, 6) is 0. The van der Waals surface area contributed by atoms with Crippen LogP contribution >= 0.6 is 0 Å². The Balaban J connectivity index is 3.01. The van der Waals surface area contributed by atoms with Crippen LogP contribution in [0, 0.1) is 6.92 Å². The molecule has 0 aliphatic heterocycles. The van der Waals surface area contributed by atoms with Gasteiger partial charge in [0.05, 0.1) is 5.69 Å². The third-order valence-corrected chi connectivity index (χ3v) is 2.24. The fourth-order valence-electron chi connectivity index (χ4n) is 1.55. The summed E-state index contributed by atoms with van der Waals surface area (Å²) in [5, 5.41) is 4.41. The molecule has 0 saturated carbocycles. The first-order valence-electron chi connectivity index (χ1n) is 4.42. The van der Waals surface area contributed by atoms with Crippen molar-refractivity contribution in [2.45, 2.75) is 26.7 Å². The third kappa shape index (κ3) is 1.50. The van der Waals surface area contributed by atoms with Gasteiger partial charge in [-0.2, -0.15) is 5.10 Å². The number of aromatic nitrogens is 2. The summed E-state index contributed by atoms with van der Waals surface area (Å²) in [6.45, 7) is 4.95. The lowest BCUT2D eigenvalue weighted by Crippen LogP contribution is -2.08. The van der Waals surface area contributed by atoms with E-state index < -0.39 is 0 Å². The fourth-order valence-corrected chi connectivity index (χ4v) is 1.55. The topological polar surface area (TPSA) is 43.8 Å². The third-order valence-electron chi connectivity index (χ3n) is 2.24. The van der Waals surface area contributed by atoms with Gasteiger partial charge >= 0.3 is 0 Å². The molecule has 3 heteroatoms. The highest BCUT2D eigenvalue weighted by Crippen LogP contribution is 2.12. The van der Waals surface area contributed by atoms with Crippen molar-refractivity contribution in [1.29, 1.82) is 0 Å². The summed E-state index contributed by atoms with van der Waals surface area (Å²) in [6.07, 6.45) is 1.93. The molecule has 0 spiro atoms. The maximum Gasteiger partial charge on any atom is 0.0653 e. The molecule has 0 fully saturated rings. The highest BCUT2D eigenvalue weighted by Gasteiger charge is 2.08. The number of nitrogens with two attached hydrogens (primary N) is 1. The molecular formula is C9H17N3. The zero-order valence-corrected chi connectivity index (χ0v) is 8.09. The van der Waals surface area contributed by atoms with Gasteiger partial charge in [0.25, 0.3) is 0 Å². The Morgan fingerprint density at radius 3 is 2.58 bits per heavy atom. The highest BCUT2D eigenvalue weighted by molar-refractivity contribution is 5.24. The lowest BCUT2D eigenvalue weighted by atomic mass is 10.1. The Bertz CT molecular complexity index is 263. The molecule has 1 rings (SSSR count). The number of hydrogen-bond acceptors (Lipinski definition) is 2. The molecule has 0 unspecified atom stereocenters. The van der Waals surface area contributed by atoms with Crippen molar-refractivity contribution in [1.82, 2.24) is 9.78 Å². The Hall–Kier alpha value is -0.830. The van der Waals surface area contributed by atoms with E-state index >= 15 is 0 Å². The largest absolute Gasteiger partial charge is 0.330 e. The molecule has 1 aromatic heterocycles. The van der Waals surface area contributed by atoms with Gasteiger partial charge in [-0.3, -0.25) is 4.68 Å². The summed E-state index contributed by atoms with van der Waals surface area (Å²) in [6, 6.07) is 0. The molecular weight excluding hydrogens is 150 g/mol. The van der Waals surface area contributed by atoms with E-state index in [1.807, 2.05) is 11.7 Å². The summed E-state index contributed by atoms with van der Waals surface area (Å²) in [4.78, 5) is 0. The standard InChI is InChI=1S/C9H17N3/c1-4-8-7(2)9(5-6-10)12(3)11-8/h4-6,10H2,1-3H3. The minimum atomic E-state index is 0.698. The van der Waals surface area contributed by atoms with Gasteiger partial charge in [0, 0.05) is 19.2 Å². The maximum atomic E-state index is 5.51. The number of nitrogens with zero attached hydrogens (tertiary/aromatic N) is 2. The van der Waals surface area contributed by atoms with Crippen molar-refractivity contribution in [2.24, 2.45) is 12.8 Å². The van der Waals surface area contributed by atoms with Gasteiger partial charge in [-0.05, 0) is 25.5 Å². The lowest BCUT2D eigenvalue weighted by Gasteiger charge is -1.99. The number of hydrogen-bond donors (Lipinski definition) is 1. The quantitative estimate of drug-likeness (QED) is 0.723. The SMILES string of the molecule is CCc1nn(C)c(CCN)c1C.